The van der Waals surface area contributed by atoms with Crippen molar-refractivity contribution in [2.75, 3.05) is 13.7 Å². The molecule has 4 aromatic rings. The van der Waals surface area contributed by atoms with Crippen molar-refractivity contribution in [1.82, 2.24) is 0 Å². The summed E-state index contributed by atoms with van der Waals surface area (Å²) >= 11 is 0. The summed E-state index contributed by atoms with van der Waals surface area (Å²) in [6, 6.07) is 20.9. The fourth-order valence-electron chi connectivity index (χ4n) is 5.08. The molecule has 0 saturated carbocycles. The highest BCUT2D eigenvalue weighted by molar-refractivity contribution is 6.05. The van der Waals surface area contributed by atoms with Crippen molar-refractivity contribution >= 4 is 16.7 Å². The molecule has 0 aromatic heterocycles. The minimum atomic E-state index is -1.15. The molecule has 2 unspecified atom stereocenters. The maximum atomic E-state index is 13.6. The normalized spacial score (nSPS) is 17.4. The Hall–Kier alpha value is -3.78. The SMILES string of the molecule is COC1CCOC(c2cccc(COc3ccc4c(-c5ccc(F)cc5)c(CO)c(C(=O)O)cc4c3)c2)C1. The molecular weight excluding hydrogens is 487 g/mol. The van der Waals surface area contributed by atoms with E-state index in [4.69, 9.17) is 14.2 Å². The van der Waals surface area contributed by atoms with E-state index in [0.29, 0.717) is 35.5 Å². The summed E-state index contributed by atoms with van der Waals surface area (Å²) in [5, 5.41) is 21.3. The maximum absolute atomic E-state index is 13.6. The Morgan fingerprint density at radius 2 is 1.89 bits per heavy atom. The maximum Gasteiger partial charge on any atom is 0.336 e. The van der Waals surface area contributed by atoms with Crippen LogP contribution in [0.15, 0.2) is 72.8 Å². The van der Waals surface area contributed by atoms with Crippen LogP contribution in [-0.2, 0) is 22.7 Å². The molecule has 0 amide bonds. The third-order valence-electron chi connectivity index (χ3n) is 7.04. The van der Waals surface area contributed by atoms with Gasteiger partial charge in [0.05, 0.1) is 24.4 Å². The zero-order valence-corrected chi connectivity index (χ0v) is 21.0. The van der Waals surface area contributed by atoms with Crippen molar-refractivity contribution in [3.63, 3.8) is 0 Å². The smallest absolute Gasteiger partial charge is 0.336 e. The van der Waals surface area contributed by atoms with Crippen LogP contribution in [0.2, 0.25) is 0 Å². The predicted octanol–water partition coefficient (Wildman–Crippen LogP) is 6.28. The van der Waals surface area contributed by atoms with Gasteiger partial charge in [0.15, 0.2) is 0 Å². The number of carboxylic acids is 1. The van der Waals surface area contributed by atoms with E-state index in [1.165, 1.54) is 18.2 Å². The minimum Gasteiger partial charge on any atom is -0.489 e. The first-order valence-corrected chi connectivity index (χ1v) is 12.5. The zero-order valence-electron chi connectivity index (χ0n) is 21.0. The summed E-state index contributed by atoms with van der Waals surface area (Å²) in [5.74, 6) is -0.969. The molecule has 0 bridgehead atoms. The fourth-order valence-corrected chi connectivity index (χ4v) is 5.08. The molecule has 1 fully saturated rings. The van der Waals surface area contributed by atoms with Crippen molar-refractivity contribution in [3.05, 3.63) is 101 Å². The van der Waals surface area contributed by atoms with Crippen LogP contribution in [0, 0.1) is 5.82 Å². The number of carboxylic acid groups (broad SMARTS) is 1. The molecule has 0 aliphatic carbocycles. The summed E-state index contributed by atoms with van der Waals surface area (Å²) in [6.45, 7) is 0.525. The number of hydrogen-bond donors (Lipinski definition) is 2. The summed E-state index contributed by atoms with van der Waals surface area (Å²) in [4.78, 5) is 12.0. The number of fused-ring (bicyclic) bond motifs is 1. The third-order valence-corrected chi connectivity index (χ3v) is 7.04. The molecule has 1 aliphatic heterocycles. The molecule has 7 heteroatoms. The number of halogens is 1. The van der Waals surface area contributed by atoms with E-state index in [-0.39, 0.29) is 23.3 Å². The zero-order chi connectivity index (χ0) is 26.6. The van der Waals surface area contributed by atoms with Crippen LogP contribution in [0.4, 0.5) is 4.39 Å². The topological polar surface area (TPSA) is 85.2 Å². The van der Waals surface area contributed by atoms with Gasteiger partial charge in [0.25, 0.3) is 0 Å². The Balaban J connectivity index is 1.44. The first-order chi connectivity index (χ1) is 18.5. The standard InChI is InChI=1S/C31H29FO6/c1-36-24-11-12-37-29(16-24)21-4-2-3-19(13-21)18-38-25-9-10-26-22(14-25)15-27(31(34)35)28(17-33)30(26)20-5-7-23(32)8-6-20/h2-10,13-15,24,29,33H,11-12,16-18H2,1H3,(H,34,35). The van der Waals surface area contributed by atoms with Gasteiger partial charge in [0, 0.05) is 25.7 Å². The second-order valence-corrected chi connectivity index (χ2v) is 9.41. The summed E-state index contributed by atoms with van der Waals surface area (Å²) in [7, 11) is 1.73. The van der Waals surface area contributed by atoms with Crippen LogP contribution in [-0.4, -0.2) is 36.0 Å². The first kappa shape index (κ1) is 25.9. The number of hydrogen-bond acceptors (Lipinski definition) is 5. The van der Waals surface area contributed by atoms with Crippen molar-refractivity contribution in [2.45, 2.75) is 38.3 Å². The van der Waals surface area contributed by atoms with E-state index in [1.54, 1.807) is 25.3 Å². The highest BCUT2D eigenvalue weighted by Crippen LogP contribution is 2.37. The summed E-state index contributed by atoms with van der Waals surface area (Å²) < 4.78 is 31.1. The van der Waals surface area contributed by atoms with Gasteiger partial charge in [-0.25, -0.2) is 9.18 Å². The molecule has 1 heterocycles. The molecule has 38 heavy (non-hydrogen) atoms. The molecule has 1 aliphatic rings. The monoisotopic (exact) mass is 516 g/mol. The second kappa shape index (κ2) is 11.3. The number of aliphatic hydroxyl groups is 1. The lowest BCUT2D eigenvalue weighted by Crippen LogP contribution is -2.25. The Labute approximate surface area is 220 Å². The van der Waals surface area contributed by atoms with E-state index in [2.05, 4.69) is 6.07 Å². The number of methoxy groups -OCH3 is 1. The van der Waals surface area contributed by atoms with Crippen LogP contribution in [0.25, 0.3) is 21.9 Å². The molecule has 6 nitrogen and oxygen atoms in total. The molecule has 196 valence electrons. The molecule has 0 spiro atoms. The van der Waals surface area contributed by atoms with Gasteiger partial charge in [-0.2, -0.15) is 0 Å². The van der Waals surface area contributed by atoms with Crippen LogP contribution < -0.4 is 4.74 Å². The van der Waals surface area contributed by atoms with Crippen LogP contribution in [0.1, 0.15) is 46.0 Å². The lowest BCUT2D eigenvalue weighted by Gasteiger charge is -2.29. The Kier molecular flexibility index (Phi) is 7.69. The number of carbonyl (C=O) groups is 1. The molecule has 4 aromatic carbocycles. The molecule has 0 radical (unpaired) electrons. The van der Waals surface area contributed by atoms with Crippen molar-refractivity contribution < 1.29 is 33.6 Å². The van der Waals surface area contributed by atoms with Crippen LogP contribution in [0.3, 0.4) is 0 Å². The average Bonchev–Trinajstić information content (AvgIpc) is 2.95. The van der Waals surface area contributed by atoms with Gasteiger partial charge in [-0.3, -0.25) is 0 Å². The van der Waals surface area contributed by atoms with E-state index in [9.17, 15) is 19.4 Å². The first-order valence-electron chi connectivity index (χ1n) is 12.5. The van der Waals surface area contributed by atoms with Crippen molar-refractivity contribution in [1.29, 1.82) is 0 Å². The molecule has 2 atom stereocenters. The summed E-state index contributed by atoms with van der Waals surface area (Å²) in [6.07, 6.45) is 1.87. The van der Waals surface area contributed by atoms with Crippen molar-refractivity contribution in [2.24, 2.45) is 0 Å². The molecular formula is C31H29FO6. The number of ether oxygens (including phenoxy) is 3. The van der Waals surface area contributed by atoms with E-state index >= 15 is 0 Å². The van der Waals surface area contributed by atoms with Gasteiger partial charge in [-0.1, -0.05) is 36.4 Å². The van der Waals surface area contributed by atoms with E-state index in [1.807, 2.05) is 30.3 Å². The number of rotatable bonds is 8. The van der Waals surface area contributed by atoms with E-state index in [0.717, 1.165) is 29.4 Å². The quantitative estimate of drug-likeness (QED) is 0.287. The lowest BCUT2D eigenvalue weighted by atomic mass is 9.90. The van der Waals surface area contributed by atoms with Gasteiger partial charge >= 0.3 is 5.97 Å². The van der Waals surface area contributed by atoms with Gasteiger partial charge in [0.1, 0.15) is 18.2 Å². The molecule has 1 saturated heterocycles. The van der Waals surface area contributed by atoms with Gasteiger partial charge in [0.2, 0.25) is 0 Å². The molecule has 5 rings (SSSR count). The number of aromatic carboxylic acids is 1. The second-order valence-electron chi connectivity index (χ2n) is 9.41. The number of aliphatic hydroxyl groups excluding tert-OH is 1. The van der Waals surface area contributed by atoms with Gasteiger partial charge < -0.3 is 24.4 Å². The number of benzene rings is 4. The average molecular weight is 517 g/mol. The van der Waals surface area contributed by atoms with Gasteiger partial charge in [-0.05, 0) is 75.8 Å². The largest absolute Gasteiger partial charge is 0.489 e. The highest BCUT2D eigenvalue weighted by Gasteiger charge is 2.24. The Morgan fingerprint density at radius 1 is 1.08 bits per heavy atom. The van der Waals surface area contributed by atoms with Crippen molar-refractivity contribution in [3.8, 4) is 16.9 Å². The fraction of sp³-hybridized carbons (Fsp3) is 0.258. The minimum absolute atomic E-state index is 0.00831. The van der Waals surface area contributed by atoms with Crippen LogP contribution in [0.5, 0.6) is 5.75 Å². The third kappa shape index (κ3) is 5.41. The highest BCUT2D eigenvalue weighted by atomic mass is 19.1. The predicted molar refractivity (Wildman–Crippen MR) is 142 cm³/mol. The Bertz CT molecular complexity index is 1450. The lowest BCUT2D eigenvalue weighted by molar-refractivity contribution is -0.0599. The Morgan fingerprint density at radius 3 is 2.63 bits per heavy atom. The molecule has 2 N–H and O–H groups in total. The summed E-state index contributed by atoms with van der Waals surface area (Å²) in [5.41, 5.74) is 3.52. The van der Waals surface area contributed by atoms with Gasteiger partial charge in [-0.15, -0.1) is 0 Å². The van der Waals surface area contributed by atoms with Crippen LogP contribution >= 0.6 is 0 Å². The van der Waals surface area contributed by atoms with E-state index < -0.39 is 18.4 Å².